The highest BCUT2D eigenvalue weighted by molar-refractivity contribution is 5.66. The Morgan fingerprint density at radius 1 is 1.24 bits per heavy atom. The average molecular weight is 293 g/mol. The molecule has 21 heavy (non-hydrogen) atoms. The van der Waals surface area contributed by atoms with Crippen molar-refractivity contribution in [1.82, 2.24) is 14.9 Å². The fourth-order valence-corrected chi connectivity index (χ4v) is 2.53. The molecule has 2 rings (SSSR count). The lowest BCUT2D eigenvalue weighted by atomic mass is 10.2. The minimum absolute atomic E-state index is 0.0483. The summed E-state index contributed by atoms with van der Waals surface area (Å²) in [5, 5.41) is 3.30. The van der Waals surface area contributed by atoms with Gasteiger partial charge in [0.15, 0.2) is 5.82 Å². The van der Waals surface area contributed by atoms with Crippen molar-refractivity contribution in [2.75, 3.05) is 37.2 Å². The lowest BCUT2D eigenvalue weighted by molar-refractivity contribution is 0.234. The number of nitrogens with one attached hydrogen (secondary N) is 1. The van der Waals surface area contributed by atoms with Crippen LogP contribution in [0.5, 0.6) is 5.88 Å². The Morgan fingerprint density at radius 3 is 2.62 bits per heavy atom. The summed E-state index contributed by atoms with van der Waals surface area (Å²) >= 11 is 0. The van der Waals surface area contributed by atoms with Gasteiger partial charge in [-0.2, -0.15) is 4.98 Å². The first-order chi connectivity index (χ1) is 10.2. The third-order valence-corrected chi connectivity index (χ3v) is 3.61. The van der Waals surface area contributed by atoms with Gasteiger partial charge in [-0.15, -0.1) is 0 Å². The summed E-state index contributed by atoms with van der Waals surface area (Å²) in [6.45, 7) is 8.15. The Hall–Kier alpha value is -1.56. The fourth-order valence-electron chi connectivity index (χ4n) is 2.53. The normalized spacial score (nSPS) is 16.7. The van der Waals surface area contributed by atoms with Gasteiger partial charge in [-0.25, -0.2) is 4.98 Å². The van der Waals surface area contributed by atoms with Crippen molar-refractivity contribution in [1.29, 1.82) is 0 Å². The Balaban J connectivity index is 1.85. The number of hydrogen-bond donors (Lipinski definition) is 2. The van der Waals surface area contributed by atoms with Gasteiger partial charge < -0.3 is 20.7 Å². The van der Waals surface area contributed by atoms with Crippen LogP contribution in [0.1, 0.15) is 39.5 Å². The van der Waals surface area contributed by atoms with Crippen molar-refractivity contribution in [2.45, 2.75) is 45.6 Å². The molecule has 0 aliphatic carbocycles. The van der Waals surface area contributed by atoms with Crippen LogP contribution < -0.4 is 15.8 Å². The Kier molecular flexibility index (Phi) is 6.04. The maximum Gasteiger partial charge on any atom is 0.242 e. The zero-order valence-electron chi connectivity index (χ0n) is 13.1. The second kappa shape index (κ2) is 8.02. The molecule has 6 heteroatoms. The van der Waals surface area contributed by atoms with Crippen LogP contribution in [0.25, 0.3) is 0 Å². The molecule has 2 heterocycles. The van der Waals surface area contributed by atoms with Gasteiger partial charge in [-0.3, -0.25) is 0 Å². The molecule has 1 aliphatic rings. The van der Waals surface area contributed by atoms with Crippen LogP contribution in [0.4, 0.5) is 11.5 Å². The molecule has 118 valence electrons. The van der Waals surface area contributed by atoms with E-state index in [1.807, 2.05) is 13.8 Å². The molecule has 0 spiro atoms. The number of ether oxygens (including phenoxy) is 1. The van der Waals surface area contributed by atoms with Gasteiger partial charge in [-0.05, 0) is 39.8 Å². The van der Waals surface area contributed by atoms with E-state index in [1.165, 1.54) is 45.1 Å². The van der Waals surface area contributed by atoms with Gasteiger partial charge in [0.25, 0.3) is 0 Å². The van der Waals surface area contributed by atoms with Crippen LogP contribution in [0.2, 0.25) is 0 Å². The molecule has 1 aromatic heterocycles. The molecule has 0 unspecified atom stereocenters. The molecule has 0 radical (unpaired) electrons. The largest absolute Gasteiger partial charge is 0.473 e. The highest BCUT2D eigenvalue weighted by Crippen LogP contribution is 2.25. The van der Waals surface area contributed by atoms with E-state index in [9.17, 15) is 0 Å². The lowest BCUT2D eigenvalue weighted by Crippen LogP contribution is -2.30. The van der Waals surface area contributed by atoms with Crippen molar-refractivity contribution >= 4 is 11.5 Å². The minimum atomic E-state index is 0.0483. The number of hydrogen-bond acceptors (Lipinski definition) is 6. The number of aromatic nitrogens is 2. The van der Waals surface area contributed by atoms with E-state index in [2.05, 4.69) is 20.2 Å². The Bertz CT molecular complexity index is 430. The zero-order valence-corrected chi connectivity index (χ0v) is 13.1. The summed E-state index contributed by atoms with van der Waals surface area (Å²) in [6, 6.07) is 0. The van der Waals surface area contributed by atoms with Gasteiger partial charge in [0.05, 0.1) is 6.10 Å². The van der Waals surface area contributed by atoms with Crippen molar-refractivity contribution < 1.29 is 4.74 Å². The molecule has 0 amide bonds. The molecular weight excluding hydrogens is 266 g/mol. The molecule has 6 nitrogen and oxygen atoms in total. The summed E-state index contributed by atoms with van der Waals surface area (Å²) in [6.07, 6.45) is 6.87. The second-order valence-electron chi connectivity index (χ2n) is 5.79. The Labute approximate surface area is 127 Å². The first-order valence-electron chi connectivity index (χ1n) is 7.90. The van der Waals surface area contributed by atoms with Gasteiger partial charge in [0.2, 0.25) is 5.88 Å². The molecule has 1 aliphatic heterocycles. The summed E-state index contributed by atoms with van der Waals surface area (Å²) in [7, 11) is 0. The standard InChI is InChI=1S/C15H27N5O/c1-12(2)21-15-13(16)14(18-11-19-15)17-7-10-20-8-5-3-4-6-9-20/h11-12H,3-10,16H2,1-2H3,(H,17,18,19). The highest BCUT2D eigenvalue weighted by atomic mass is 16.5. The number of rotatable bonds is 6. The number of likely N-dealkylation sites (tertiary alicyclic amines) is 1. The maximum atomic E-state index is 6.05. The predicted molar refractivity (Wildman–Crippen MR) is 85.6 cm³/mol. The molecule has 0 saturated carbocycles. The van der Waals surface area contributed by atoms with Crippen LogP contribution in [0.15, 0.2) is 6.33 Å². The van der Waals surface area contributed by atoms with Crippen molar-refractivity contribution in [3.8, 4) is 5.88 Å². The SMILES string of the molecule is CC(C)Oc1ncnc(NCCN2CCCCCC2)c1N. The van der Waals surface area contributed by atoms with Crippen LogP contribution in [-0.4, -0.2) is 47.2 Å². The number of nitrogens with two attached hydrogens (primary N) is 1. The van der Waals surface area contributed by atoms with Gasteiger partial charge in [0, 0.05) is 13.1 Å². The first kappa shape index (κ1) is 15.8. The number of nitrogen functional groups attached to an aromatic ring is 1. The maximum absolute atomic E-state index is 6.05. The third kappa shape index (κ3) is 5.04. The molecule has 1 aromatic rings. The summed E-state index contributed by atoms with van der Waals surface area (Å²) in [5.74, 6) is 1.12. The van der Waals surface area contributed by atoms with E-state index in [0.717, 1.165) is 13.1 Å². The molecular formula is C15H27N5O. The number of anilines is 2. The van der Waals surface area contributed by atoms with Gasteiger partial charge in [-0.1, -0.05) is 12.8 Å². The molecule has 1 saturated heterocycles. The fraction of sp³-hybridized carbons (Fsp3) is 0.733. The topological polar surface area (TPSA) is 76.3 Å². The monoisotopic (exact) mass is 293 g/mol. The number of nitrogens with zero attached hydrogens (tertiary/aromatic N) is 3. The van der Waals surface area contributed by atoms with E-state index < -0.39 is 0 Å². The van der Waals surface area contributed by atoms with Crippen molar-refractivity contribution in [2.24, 2.45) is 0 Å². The van der Waals surface area contributed by atoms with E-state index in [-0.39, 0.29) is 6.10 Å². The van der Waals surface area contributed by atoms with E-state index in [4.69, 9.17) is 10.5 Å². The van der Waals surface area contributed by atoms with Crippen LogP contribution in [0.3, 0.4) is 0 Å². The van der Waals surface area contributed by atoms with E-state index in [1.54, 1.807) is 0 Å². The second-order valence-corrected chi connectivity index (χ2v) is 5.79. The minimum Gasteiger partial charge on any atom is -0.473 e. The molecule has 0 aromatic carbocycles. The summed E-state index contributed by atoms with van der Waals surface area (Å²) < 4.78 is 5.57. The van der Waals surface area contributed by atoms with Crippen LogP contribution in [-0.2, 0) is 0 Å². The van der Waals surface area contributed by atoms with Crippen LogP contribution >= 0.6 is 0 Å². The Morgan fingerprint density at radius 2 is 1.95 bits per heavy atom. The van der Waals surface area contributed by atoms with Crippen molar-refractivity contribution in [3.63, 3.8) is 0 Å². The first-order valence-corrected chi connectivity index (χ1v) is 7.90. The van der Waals surface area contributed by atoms with Gasteiger partial charge >= 0.3 is 0 Å². The third-order valence-electron chi connectivity index (χ3n) is 3.61. The zero-order chi connectivity index (χ0) is 15.1. The van der Waals surface area contributed by atoms with E-state index >= 15 is 0 Å². The summed E-state index contributed by atoms with van der Waals surface area (Å²) in [5.41, 5.74) is 6.54. The smallest absolute Gasteiger partial charge is 0.242 e. The van der Waals surface area contributed by atoms with Crippen LogP contribution in [0, 0.1) is 0 Å². The molecule has 0 bridgehead atoms. The highest BCUT2D eigenvalue weighted by Gasteiger charge is 2.12. The van der Waals surface area contributed by atoms with Gasteiger partial charge in [0.1, 0.15) is 12.0 Å². The summed E-state index contributed by atoms with van der Waals surface area (Å²) in [4.78, 5) is 10.8. The predicted octanol–water partition coefficient (Wildman–Crippen LogP) is 2.13. The molecule has 0 atom stereocenters. The van der Waals surface area contributed by atoms with E-state index in [0.29, 0.717) is 17.4 Å². The average Bonchev–Trinajstić information content (AvgIpc) is 2.71. The molecule has 3 N–H and O–H groups in total. The molecule has 1 fully saturated rings. The lowest BCUT2D eigenvalue weighted by Gasteiger charge is -2.20. The quantitative estimate of drug-likeness (QED) is 0.837. The van der Waals surface area contributed by atoms with Crippen molar-refractivity contribution in [3.05, 3.63) is 6.33 Å².